The largest absolute Gasteiger partial charge is 0.393 e. The molecular weight excluding hydrogens is 248 g/mol. The van der Waals surface area contributed by atoms with E-state index in [1.165, 1.54) is 51.7 Å². The third kappa shape index (κ3) is 5.04. The lowest BCUT2D eigenvalue weighted by Crippen LogP contribution is -2.39. The standard InChI is InChI=1S/C14H28N2O.ClH/c1-16(10-12-6-8-15-9-7-12)11-13-4-2-3-5-14(13)17;/h12-15,17H,2-11H2,1H3;1H. The first-order valence-corrected chi connectivity index (χ1v) is 7.33. The summed E-state index contributed by atoms with van der Waals surface area (Å²) in [5, 5.41) is 13.4. The number of piperidine rings is 1. The van der Waals surface area contributed by atoms with Crippen molar-refractivity contribution in [2.24, 2.45) is 11.8 Å². The minimum absolute atomic E-state index is 0. The Morgan fingerprint density at radius 1 is 1.06 bits per heavy atom. The van der Waals surface area contributed by atoms with Crippen LogP contribution in [0.1, 0.15) is 38.5 Å². The van der Waals surface area contributed by atoms with Crippen LogP contribution in [0.4, 0.5) is 0 Å². The molecule has 4 heteroatoms. The second kappa shape index (κ2) is 8.36. The molecule has 1 aliphatic carbocycles. The summed E-state index contributed by atoms with van der Waals surface area (Å²) in [5.74, 6) is 1.39. The zero-order valence-electron chi connectivity index (χ0n) is 11.6. The van der Waals surface area contributed by atoms with Gasteiger partial charge in [-0.25, -0.2) is 0 Å². The Labute approximate surface area is 118 Å². The Bertz CT molecular complexity index is 222. The van der Waals surface area contributed by atoms with E-state index >= 15 is 0 Å². The average Bonchev–Trinajstić information content (AvgIpc) is 2.33. The van der Waals surface area contributed by atoms with Crippen LogP contribution < -0.4 is 5.32 Å². The molecule has 0 aromatic rings. The molecular formula is C14H29ClN2O. The molecule has 0 radical (unpaired) electrons. The second-order valence-electron chi connectivity index (χ2n) is 6.03. The monoisotopic (exact) mass is 276 g/mol. The Morgan fingerprint density at radius 2 is 1.72 bits per heavy atom. The highest BCUT2D eigenvalue weighted by Gasteiger charge is 2.25. The van der Waals surface area contributed by atoms with Crippen molar-refractivity contribution in [3.05, 3.63) is 0 Å². The van der Waals surface area contributed by atoms with E-state index in [0.717, 1.165) is 18.9 Å². The van der Waals surface area contributed by atoms with Crippen LogP contribution in [0, 0.1) is 11.8 Å². The van der Waals surface area contributed by atoms with Crippen molar-refractivity contribution < 1.29 is 5.11 Å². The van der Waals surface area contributed by atoms with Crippen molar-refractivity contribution in [3.63, 3.8) is 0 Å². The summed E-state index contributed by atoms with van der Waals surface area (Å²) in [5.41, 5.74) is 0. The Hall–Kier alpha value is 0.170. The maximum atomic E-state index is 9.99. The van der Waals surface area contributed by atoms with E-state index in [9.17, 15) is 5.11 Å². The van der Waals surface area contributed by atoms with Crippen molar-refractivity contribution >= 4 is 12.4 Å². The lowest BCUT2D eigenvalue weighted by atomic mass is 9.86. The zero-order chi connectivity index (χ0) is 12.1. The Kier molecular flexibility index (Phi) is 7.54. The fourth-order valence-electron chi connectivity index (χ4n) is 3.38. The molecule has 2 fully saturated rings. The van der Waals surface area contributed by atoms with E-state index in [1.807, 2.05) is 0 Å². The quantitative estimate of drug-likeness (QED) is 0.823. The molecule has 0 aromatic carbocycles. The normalized spacial score (nSPS) is 30.2. The molecule has 0 spiro atoms. The van der Waals surface area contributed by atoms with E-state index in [2.05, 4.69) is 17.3 Å². The molecule has 1 aliphatic heterocycles. The summed E-state index contributed by atoms with van der Waals surface area (Å²) < 4.78 is 0. The van der Waals surface area contributed by atoms with Crippen molar-refractivity contribution in [2.75, 3.05) is 33.2 Å². The van der Waals surface area contributed by atoms with Gasteiger partial charge in [-0.15, -0.1) is 12.4 Å². The van der Waals surface area contributed by atoms with Gasteiger partial charge in [0.05, 0.1) is 6.10 Å². The van der Waals surface area contributed by atoms with E-state index in [4.69, 9.17) is 0 Å². The molecule has 1 saturated heterocycles. The van der Waals surface area contributed by atoms with Crippen LogP contribution >= 0.6 is 12.4 Å². The number of nitrogens with one attached hydrogen (secondary N) is 1. The van der Waals surface area contributed by atoms with Crippen LogP contribution in [0.25, 0.3) is 0 Å². The summed E-state index contributed by atoms with van der Waals surface area (Å²) in [6.07, 6.45) is 7.36. The molecule has 0 bridgehead atoms. The minimum atomic E-state index is -0.0424. The maximum absolute atomic E-state index is 9.99. The lowest BCUT2D eigenvalue weighted by molar-refractivity contribution is 0.0477. The predicted octanol–water partition coefficient (Wildman–Crippen LogP) is 1.89. The number of hydrogen-bond donors (Lipinski definition) is 2. The number of halogens is 1. The number of nitrogens with zero attached hydrogens (tertiary/aromatic N) is 1. The number of aliphatic hydroxyl groups excluding tert-OH is 1. The van der Waals surface area contributed by atoms with Crippen LogP contribution in [0.3, 0.4) is 0 Å². The van der Waals surface area contributed by atoms with Crippen molar-refractivity contribution in [2.45, 2.75) is 44.6 Å². The summed E-state index contributed by atoms with van der Waals surface area (Å²) in [4.78, 5) is 2.45. The first-order chi connectivity index (χ1) is 8.25. The summed E-state index contributed by atoms with van der Waals surface area (Å²) in [6, 6.07) is 0. The van der Waals surface area contributed by atoms with Gasteiger partial charge in [-0.2, -0.15) is 0 Å². The molecule has 108 valence electrons. The van der Waals surface area contributed by atoms with Gasteiger partial charge in [0.2, 0.25) is 0 Å². The zero-order valence-corrected chi connectivity index (χ0v) is 12.4. The average molecular weight is 277 g/mol. The van der Waals surface area contributed by atoms with Crippen LogP contribution in [-0.2, 0) is 0 Å². The minimum Gasteiger partial charge on any atom is -0.393 e. The molecule has 18 heavy (non-hydrogen) atoms. The fraction of sp³-hybridized carbons (Fsp3) is 1.00. The number of aliphatic hydroxyl groups is 1. The molecule has 0 amide bonds. The highest BCUT2D eigenvalue weighted by molar-refractivity contribution is 5.85. The number of rotatable bonds is 4. The first kappa shape index (κ1) is 16.2. The van der Waals surface area contributed by atoms with E-state index in [-0.39, 0.29) is 18.5 Å². The molecule has 2 N–H and O–H groups in total. The van der Waals surface area contributed by atoms with Gasteiger partial charge in [0, 0.05) is 13.1 Å². The SMILES string of the molecule is CN(CC1CCNCC1)CC1CCCCC1O.Cl. The van der Waals surface area contributed by atoms with Gasteiger partial charge in [-0.1, -0.05) is 12.8 Å². The van der Waals surface area contributed by atoms with Gasteiger partial charge in [0.1, 0.15) is 0 Å². The summed E-state index contributed by atoms with van der Waals surface area (Å²) in [7, 11) is 2.23. The Balaban J connectivity index is 0.00000162. The molecule has 1 saturated carbocycles. The molecule has 0 aromatic heterocycles. The van der Waals surface area contributed by atoms with Gasteiger partial charge >= 0.3 is 0 Å². The molecule has 3 nitrogen and oxygen atoms in total. The van der Waals surface area contributed by atoms with E-state index in [1.54, 1.807) is 0 Å². The number of hydrogen-bond acceptors (Lipinski definition) is 3. The van der Waals surface area contributed by atoms with Gasteiger partial charge in [-0.3, -0.25) is 0 Å². The predicted molar refractivity (Wildman–Crippen MR) is 78.3 cm³/mol. The van der Waals surface area contributed by atoms with E-state index in [0.29, 0.717) is 5.92 Å². The maximum Gasteiger partial charge on any atom is 0.0580 e. The van der Waals surface area contributed by atoms with Crippen LogP contribution in [0.2, 0.25) is 0 Å². The van der Waals surface area contributed by atoms with Crippen molar-refractivity contribution in [3.8, 4) is 0 Å². The molecule has 2 unspecified atom stereocenters. The van der Waals surface area contributed by atoms with Crippen molar-refractivity contribution in [1.29, 1.82) is 0 Å². The van der Waals surface area contributed by atoms with Crippen molar-refractivity contribution in [1.82, 2.24) is 10.2 Å². The molecule has 2 atom stereocenters. The fourth-order valence-corrected chi connectivity index (χ4v) is 3.38. The molecule has 1 heterocycles. The highest BCUT2D eigenvalue weighted by Crippen LogP contribution is 2.25. The van der Waals surface area contributed by atoms with E-state index < -0.39 is 0 Å². The topological polar surface area (TPSA) is 35.5 Å². The third-order valence-corrected chi connectivity index (χ3v) is 4.44. The highest BCUT2D eigenvalue weighted by atomic mass is 35.5. The smallest absolute Gasteiger partial charge is 0.0580 e. The summed E-state index contributed by atoms with van der Waals surface area (Å²) in [6.45, 7) is 4.67. The van der Waals surface area contributed by atoms with Crippen LogP contribution in [0.5, 0.6) is 0 Å². The van der Waals surface area contributed by atoms with Gasteiger partial charge in [0.15, 0.2) is 0 Å². The third-order valence-electron chi connectivity index (χ3n) is 4.44. The molecule has 2 rings (SSSR count). The second-order valence-corrected chi connectivity index (χ2v) is 6.03. The Morgan fingerprint density at radius 3 is 2.39 bits per heavy atom. The van der Waals surface area contributed by atoms with Crippen LogP contribution in [0.15, 0.2) is 0 Å². The summed E-state index contributed by atoms with van der Waals surface area (Å²) >= 11 is 0. The van der Waals surface area contributed by atoms with Crippen LogP contribution in [-0.4, -0.2) is 49.3 Å². The van der Waals surface area contributed by atoms with Gasteiger partial charge in [0.25, 0.3) is 0 Å². The lowest BCUT2D eigenvalue weighted by Gasteiger charge is -2.33. The van der Waals surface area contributed by atoms with Gasteiger partial charge < -0.3 is 15.3 Å². The van der Waals surface area contributed by atoms with Gasteiger partial charge in [-0.05, 0) is 57.7 Å². The molecule has 2 aliphatic rings. The first-order valence-electron chi connectivity index (χ1n) is 7.33.